The normalized spacial score (nSPS) is 11.2. The van der Waals surface area contributed by atoms with Crippen LogP contribution in [-0.2, 0) is 11.3 Å². The summed E-state index contributed by atoms with van der Waals surface area (Å²) in [7, 11) is 0. The van der Waals surface area contributed by atoms with Crippen molar-refractivity contribution in [3.8, 4) is 0 Å². The molecule has 33 heavy (non-hydrogen) atoms. The molecule has 1 N–H and O–H groups in total. The third-order valence-electron chi connectivity index (χ3n) is 4.78. The number of halogens is 1. The van der Waals surface area contributed by atoms with E-state index >= 15 is 0 Å². The number of benzene rings is 3. The van der Waals surface area contributed by atoms with E-state index in [9.17, 15) is 14.7 Å². The van der Waals surface area contributed by atoms with Crippen LogP contribution in [0.3, 0.4) is 0 Å². The Balaban J connectivity index is 1.45. The van der Waals surface area contributed by atoms with Gasteiger partial charge >= 0.3 is 0 Å². The van der Waals surface area contributed by atoms with Gasteiger partial charge in [0.2, 0.25) is 0 Å². The van der Waals surface area contributed by atoms with Crippen LogP contribution in [0, 0.1) is 0 Å². The number of carboxylic acids is 1. The summed E-state index contributed by atoms with van der Waals surface area (Å²) in [6, 6.07) is 21.6. The van der Waals surface area contributed by atoms with E-state index in [1.807, 2.05) is 48.5 Å². The van der Waals surface area contributed by atoms with Crippen molar-refractivity contribution in [3.63, 3.8) is 0 Å². The fraction of sp³-hybridized carbons (Fsp3) is 0.0833. The number of carbonyl (C=O) groups excluding carboxylic acids is 2. The summed E-state index contributed by atoms with van der Waals surface area (Å²) in [5.41, 5.74) is 5.63. The van der Waals surface area contributed by atoms with E-state index in [0.717, 1.165) is 16.6 Å². The highest BCUT2D eigenvalue weighted by atomic mass is 35.5. The Morgan fingerprint density at radius 3 is 2.58 bits per heavy atom. The molecule has 0 bridgehead atoms. The zero-order valence-corrected chi connectivity index (χ0v) is 18.8. The van der Waals surface area contributed by atoms with E-state index < -0.39 is 5.97 Å². The van der Waals surface area contributed by atoms with Crippen LogP contribution in [0.5, 0.6) is 0 Å². The average molecular weight is 478 g/mol. The van der Waals surface area contributed by atoms with Crippen LogP contribution in [0.25, 0.3) is 11.0 Å². The first-order valence-electron chi connectivity index (χ1n) is 9.96. The smallest absolute Gasteiger partial charge is 0.250 e. The molecule has 1 aromatic heterocycles. The standard InChI is InChI=1S/C24H19ClN4O3S/c25-18-11-9-16(10-12-18)14-29-21-8-4-3-7-20(21)27-24(29)33-15-22(30)28-26-13-17-5-1-2-6-19(17)23(31)32/h1-13H,14-15H2,(H,28,30)(H,31,32)/p-1. The fourth-order valence-corrected chi connectivity index (χ4v) is 4.15. The minimum Gasteiger partial charge on any atom is -0.545 e. The molecule has 0 spiro atoms. The first kappa shape index (κ1) is 22.6. The van der Waals surface area contributed by atoms with Gasteiger partial charge in [0.15, 0.2) is 5.16 Å². The SMILES string of the molecule is O=C(CSc1nc2ccccc2n1Cc1ccc(Cl)cc1)NN=Cc1ccccc1C(=O)[O-]. The average Bonchev–Trinajstić information content (AvgIpc) is 3.16. The van der Waals surface area contributed by atoms with Crippen molar-refractivity contribution in [2.75, 3.05) is 5.75 Å². The number of imidazole rings is 1. The molecule has 0 fully saturated rings. The number of thioether (sulfide) groups is 1. The number of para-hydroxylation sites is 2. The number of aromatic nitrogens is 2. The molecule has 0 saturated heterocycles. The van der Waals surface area contributed by atoms with Gasteiger partial charge in [0.1, 0.15) is 0 Å². The lowest BCUT2D eigenvalue weighted by atomic mass is 10.1. The Morgan fingerprint density at radius 1 is 1.06 bits per heavy atom. The molecule has 0 atom stereocenters. The quantitative estimate of drug-likeness (QED) is 0.238. The molecule has 0 aliphatic rings. The molecule has 1 heterocycles. The summed E-state index contributed by atoms with van der Waals surface area (Å²) in [5, 5.41) is 16.4. The summed E-state index contributed by atoms with van der Waals surface area (Å²) >= 11 is 7.29. The first-order valence-corrected chi connectivity index (χ1v) is 11.3. The van der Waals surface area contributed by atoms with Gasteiger partial charge in [-0.1, -0.05) is 71.9 Å². The molecular weight excluding hydrogens is 460 g/mol. The predicted molar refractivity (Wildman–Crippen MR) is 128 cm³/mol. The number of fused-ring (bicyclic) bond motifs is 1. The van der Waals surface area contributed by atoms with E-state index in [2.05, 4.69) is 20.1 Å². The number of hydrogen-bond acceptors (Lipinski definition) is 6. The summed E-state index contributed by atoms with van der Waals surface area (Å²) in [4.78, 5) is 28.1. The number of carbonyl (C=O) groups is 2. The highest BCUT2D eigenvalue weighted by molar-refractivity contribution is 7.99. The second kappa shape index (κ2) is 10.3. The van der Waals surface area contributed by atoms with Gasteiger partial charge in [0, 0.05) is 16.1 Å². The number of rotatable bonds is 8. The Labute approximate surface area is 199 Å². The molecular formula is C24H18ClN4O3S-. The van der Waals surface area contributed by atoms with E-state index in [0.29, 0.717) is 22.3 Å². The third-order valence-corrected chi connectivity index (χ3v) is 6.01. The lowest BCUT2D eigenvalue weighted by Crippen LogP contribution is -2.24. The molecule has 0 saturated carbocycles. The van der Waals surface area contributed by atoms with Gasteiger partial charge in [0.05, 0.1) is 35.5 Å². The molecule has 0 aliphatic heterocycles. The molecule has 0 radical (unpaired) electrons. The number of hydrogen-bond donors (Lipinski definition) is 1. The van der Waals surface area contributed by atoms with Gasteiger partial charge in [-0.3, -0.25) is 4.79 Å². The van der Waals surface area contributed by atoms with Gasteiger partial charge in [-0.2, -0.15) is 5.10 Å². The molecule has 7 nitrogen and oxygen atoms in total. The van der Waals surface area contributed by atoms with E-state index in [1.165, 1.54) is 24.0 Å². The van der Waals surface area contributed by atoms with Crippen molar-refractivity contribution in [3.05, 3.63) is 94.5 Å². The second-order valence-corrected chi connectivity index (χ2v) is 8.43. The minimum atomic E-state index is -1.31. The number of nitrogens with one attached hydrogen (secondary N) is 1. The molecule has 4 aromatic rings. The molecule has 4 rings (SSSR count). The van der Waals surface area contributed by atoms with Crippen LogP contribution >= 0.6 is 23.4 Å². The molecule has 3 aromatic carbocycles. The number of amides is 1. The summed E-state index contributed by atoms with van der Waals surface area (Å²) in [5.74, 6) is -1.56. The van der Waals surface area contributed by atoms with Crippen LogP contribution in [0.15, 0.2) is 83.1 Å². The molecule has 0 aliphatic carbocycles. The van der Waals surface area contributed by atoms with Crippen LogP contribution < -0.4 is 10.5 Å². The van der Waals surface area contributed by atoms with Crippen LogP contribution in [0.4, 0.5) is 0 Å². The maximum absolute atomic E-state index is 12.3. The maximum Gasteiger partial charge on any atom is 0.250 e. The predicted octanol–water partition coefficient (Wildman–Crippen LogP) is 3.34. The first-order chi connectivity index (χ1) is 16.0. The number of carboxylic acid groups (broad SMARTS) is 1. The van der Waals surface area contributed by atoms with Gasteiger partial charge in [-0.15, -0.1) is 0 Å². The second-order valence-electron chi connectivity index (χ2n) is 7.05. The molecule has 0 unspecified atom stereocenters. The molecule has 1 amide bonds. The van der Waals surface area contributed by atoms with Crippen LogP contribution in [0.1, 0.15) is 21.5 Å². The maximum atomic E-state index is 12.3. The van der Waals surface area contributed by atoms with Crippen LogP contribution in [0.2, 0.25) is 5.02 Å². The van der Waals surface area contributed by atoms with E-state index in [1.54, 1.807) is 18.2 Å². The summed E-state index contributed by atoms with van der Waals surface area (Å²) in [6.45, 7) is 0.583. The zero-order chi connectivity index (χ0) is 23.2. The Bertz CT molecular complexity index is 1340. The fourth-order valence-electron chi connectivity index (χ4n) is 3.22. The number of nitrogens with zero attached hydrogens (tertiary/aromatic N) is 3. The lowest BCUT2D eigenvalue weighted by Gasteiger charge is -2.09. The Hall–Kier alpha value is -3.62. The van der Waals surface area contributed by atoms with E-state index in [4.69, 9.17) is 11.6 Å². The van der Waals surface area contributed by atoms with Crippen molar-refractivity contribution in [1.82, 2.24) is 15.0 Å². The van der Waals surface area contributed by atoms with Crippen molar-refractivity contribution in [1.29, 1.82) is 0 Å². The Kier molecular flexibility index (Phi) is 7.07. The van der Waals surface area contributed by atoms with E-state index in [-0.39, 0.29) is 17.2 Å². The van der Waals surface area contributed by atoms with Crippen molar-refractivity contribution in [2.45, 2.75) is 11.7 Å². The topological polar surface area (TPSA) is 99.4 Å². The molecule has 9 heteroatoms. The zero-order valence-electron chi connectivity index (χ0n) is 17.3. The highest BCUT2D eigenvalue weighted by Gasteiger charge is 2.13. The van der Waals surface area contributed by atoms with Gasteiger partial charge < -0.3 is 14.5 Å². The minimum absolute atomic E-state index is 0.000732. The van der Waals surface area contributed by atoms with Crippen molar-refractivity contribution < 1.29 is 14.7 Å². The number of hydrazone groups is 1. The Morgan fingerprint density at radius 2 is 1.79 bits per heavy atom. The summed E-state index contributed by atoms with van der Waals surface area (Å²) < 4.78 is 2.05. The number of aromatic carboxylic acids is 1. The monoisotopic (exact) mass is 477 g/mol. The summed E-state index contributed by atoms with van der Waals surface area (Å²) in [6.07, 6.45) is 1.28. The van der Waals surface area contributed by atoms with Gasteiger partial charge in [0.25, 0.3) is 5.91 Å². The van der Waals surface area contributed by atoms with Gasteiger partial charge in [-0.05, 0) is 29.8 Å². The van der Waals surface area contributed by atoms with Gasteiger partial charge in [-0.25, -0.2) is 10.4 Å². The largest absolute Gasteiger partial charge is 0.545 e. The van der Waals surface area contributed by atoms with Crippen LogP contribution in [-0.4, -0.2) is 33.4 Å². The van der Waals surface area contributed by atoms with Crippen molar-refractivity contribution in [2.24, 2.45) is 5.10 Å². The highest BCUT2D eigenvalue weighted by Crippen LogP contribution is 2.25. The molecule has 166 valence electrons. The third kappa shape index (κ3) is 5.60. The van der Waals surface area contributed by atoms with Crippen molar-refractivity contribution >= 4 is 52.5 Å². The lowest BCUT2D eigenvalue weighted by molar-refractivity contribution is -0.255.